The van der Waals surface area contributed by atoms with Gasteiger partial charge in [0.1, 0.15) is 0 Å². The normalized spacial score (nSPS) is 18.6. The van der Waals surface area contributed by atoms with E-state index in [-0.39, 0.29) is 17.5 Å². The van der Waals surface area contributed by atoms with Crippen molar-refractivity contribution in [1.29, 1.82) is 0 Å². The predicted molar refractivity (Wildman–Crippen MR) is 57.1 cm³/mol. The maximum Gasteiger partial charge on any atom is 0.259 e. The number of aliphatic hydroxyl groups is 1. The Morgan fingerprint density at radius 2 is 2.38 bits per heavy atom. The van der Waals surface area contributed by atoms with Crippen molar-refractivity contribution in [2.45, 2.75) is 24.0 Å². The quantitative estimate of drug-likeness (QED) is 0.730. The molecule has 16 heavy (non-hydrogen) atoms. The molecule has 1 aliphatic carbocycles. The number of nitrogens with one attached hydrogen (secondary N) is 1. The molecule has 90 valence electrons. The summed E-state index contributed by atoms with van der Waals surface area (Å²) < 4.78 is 27.3. The van der Waals surface area contributed by atoms with Crippen LogP contribution in [-0.2, 0) is 17.1 Å². The first-order valence-corrected chi connectivity index (χ1v) is 6.63. The van der Waals surface area contributed by atoms with Crippen LogP contribution in [0.4, 0.5) is 0 Å². The van der Waals surface area contributed by atoms with E-state index in [1.807, 2.05) is 0 Å². The Labute approximate surface area is 94.4 Å². The number of nitrogens with zero attached hydrogens (tertiary/aromatic N) is 2. The van der Waals surface area contributed by atoms with Crippen molar-refractivity contribution >= 4 is 10.0 Å². The Morgan fingerprint density at radius 1 is 1.69 bits per heavy atom. The second-order valence-electron chi connectivity index (χ2n) is 4.13. The molecule has 2 rings (SSSR count). The summed E-state index contributed by atoms with van der Waals surface area (Å²) in [7, 11) is -1.88. The van der Waals surface area contributed by atoms with Crippen LogP contribution >= 0.6 is 0 Å². The van der Waals surface area contributed by atoms with Gasteiger partial charge in [0.15, 0.2) is 5.03 Å². The third-order valence-corrected chi connectivity index (χ3v) is 3.91. The second-order valence-corrected chi connectivity index (χ2v) is 5.85. The second kappa shape index (κ2) is 4.15. The number of aryl methyl sites for hydroxylation is 1. The Bertz CT molecular complexity index is 464. The monoisotopic (exact) mass is 245 g/mol. The fraction of sp³-hybridized carbons (Fsp3) is 0.667. The van der Waals surface area contributed by atoms with Gasteiger partial charge in [0.05, 0.1) is 12.4 Å². The molecule has 1 aliphatic rings. The maximum absolute atomic E-state index is 11.7. The number of imidazole rings is 1. The number of hydrogen-bond donors (Lipinski definition) is 2. The zero-order valence-electron chi connectivity index (χ0n) is 9.00. The van der Waals surface area contributed by atoms with Crippen molar-refractivity contribution in [3.63, 3.8) is 0 Å². The van der Waals surface area contributed by atoms with E-state index in [1.54, 1.807) is 11.6 Å². The molecule has 0 saturated heterocycles. The van der Waals surface area contributed by atoms with Crippen LogP contribution in [0.2, 0.25) is 0 Å². The van der Waals surface area contributed by atoms with Crippen molar-refractivity contribution in [2.75, 3.05) is 6.54 Å². The van der Waals surface area contributed by atoms with Gasteiger partial charge in [0.2, 0.25) is 0 Å². The molecule has 1 aromatic rings. The summed E-state index contributed by atoms with van der Waals surface area (Å²) in [5.74, 6) is 0.256. The summed E-state index contributed by atoms with van der Waals surface area (Å²) in [6.07, 6.45) is 4.22. The molecule has 1 saturated carbocycles. The van der Waals surface area contributed by atoms with Crippen molar-refractivity contribution in [2.24, 2.45) is 13.0 Å². The Balaban J connectivity index is 1.97. The fourth-order valence-corrected chi connectivity index (χ4v) is 2.47. The third-order valence-electron chi connectivity index (χ3n) is 2.61. The molecule has 1 heterocycles. The van der Waals surface area contributed by atoms with Crippen molar-refractivity contribution in [3.05, 3.63) is 12.5 Å². The van der Waals surface area contributed by atoms with Gasteiger partial charge in [-0.1, -0.05) is 0 Å². The van der Waals surface area contributed by atoms with Crippen molar-refractivity contribution in [3.8, 4) is 0 Å². The Kier molecular flexibility index (Phi) is 3.00. The molecule has 2 N–H and O–H groups in total. The highest BCUT2D eigenvalue weighted by molar-refractivity contribution is 7.89. The van der Waals surface area contributed by atoms with Gasteiger partial charge >= 0.3 is 0 Å². The molecule has 0 radical (unpaired) electrons. The van der Waals surface area contributed by atoms with Gasteiger partial charge in [0.25, 0.3) is 10.0 Å². The molecule has 0 aromatic carbocycles. The smallest absolute Gasteiger partial charge is 0.259 e. The van der Waals surface area contributed by atoms with Crippen molar-refractivity contribution in [1.82, 2.24) is 14.3 Å². The number of aliphatic hydroxyl groups excluding tert-OH is 1. The molecule has 1 atom stereocenters. The predicted octanol–water partition coefficient (Wildman–Crippen LogP) is -0.531. The molecule has 0 bridgehead atoms. The van der Waals surface area contributed by atoms with E-state index in [0.29, 0.717) is 0 Å². The average molecular weight is 245 g/mol. The molecule has 0 aliphatic heterocycles. The molecule has 1 unspecified atom stereocenters. The highest BCUT2D eigenvalue weighted by Crippen LogP contribution is 2.32. The lowest BCUT2D eigenvalue weighted by Crippen LogP contribution is -2.33. The van der Waals surface area contributed by atoms with Crippen molar-refractivity contribution < 1.29 is 13.5 Å². The summed E-state index contributed by atoms with van der Waals surface area (Å²) in [5.41, 5.74) is 0. The summed E-state index contributed by atoms with van der Waals surface area (Å²) in [4.78, 5) is 3.76. The number of rotatable bonds is 5. The van der Waals surface area contributed by atoms with E-state index >= 15 is 0 Å². The SMILES string of the molecule is Cn1cnc(S(=O)(=O)NCC(O)C2CC2)c1. The van der Waals surface area contributed by atoms with Gasteiger partial charge in [-0.2, -0.15) is 0 Å². The minimum atomic E-state index is -3.58. The topological polar surface area (TPSA) is 84.2 Å². The van der Waals surface area contributed by atoms with E-state index in [0.717, 1.165) is 12.8 Å². The van der Waals surface area contributed by atoms with Gasteiger partial charge in [-0.3, -0.25) is 0 Å². The standard InChI is InChI=1S/C9H15N3O3S/c1-12-5-9(10-6-12)16(14,15)11-4-8(13)7-2-3-7/h5-8,11,13H,2-4H2,1H3. The summed E-state index contributed by atoms with van der Waals surface area (Å²) in [6, 6.07) is 0. The minimum Gasteiger partial charge on any atom is -0.391 e. The number of hydrogen-bond acceptors (Lipinski definition) is 4. The van der Waals surface area contributed by atoms with Gasteiger partial charge in [-0.15, -0.1) is 0 Å². The van der Waals surface area contributed by atoms with E-state index in [4.69, 9.17) is 0 Å². The number of sulfonamides is 1. The Morgan fingerprint density at radius 3 is 2.88 bits per heavy atom. The summed E-state index contributed by atoms with van der Waals surface area (Å²) in [6.45, 7) is 0.0591. The molecule has 0 spiro atoms. The lowest BCUT2D eigenvalue weighted by atomic mass is 10.2. The summed E-state index contributed by atoms with van der Waals surface area (Å²) in [5, 5.41) is 9.54. The van der Waals surface area contributed by atoms with Gasteiger partial charge < -0.3 is 9.67 Å². The molecule has 0 amide bonds. The zero-order chi connectivity index (χ0) is 11.8. The molecular formula is C9H15N3O3S. The highest BCUT2D eigenvalue weighted by atomic mass is 32.2. The number of aromatic nitrogens is 2. The molecule has 7 heteroatoms. The molecular weight excluding hydrogens is 230 g/mol. The molecule has 1 fully saturated rings. The Hall–Kier alpha value is -0.920. The minimum absolute atomic E-state index is 0.0157. The van der Waals surface area contributed by atoms with Crippen LogP contribution in [0.3, 0.4) is 0 Å². The van der Waals surface area contributed by atoms with Crippen LogP contribution < -0.4 is 4.72 Å². The summed E-state index contributed by atoms with van der Waals surface area (Å²) >= 11 is 0. The molecule has 1 aromatic heterocycles. The fourth-order valence-electron chi connectivity index (χ4n) is 1.44. The third kappa shape index (κ3) is 2.60. The van der Waals surface area contributed by atoms with E-state index in [1.165, 1.54) is 12.5 Å². The zero-order valence-corrected chi connectivity index (χ0v) is 9.81. The highest BCUT2D eigenvalue weighted by Gasteiger charge is 2.30. The van der Waals surface area contributed by atoms with Crippen LogP contribution in [0.5, 0.6) is 0 Å². The van der Waals surface area contributed by atoms with Crippen LogP contribution in [0.15, 0.2) is 17.6 Å². The van der Waals surface area contributed by atoms with Gasteiger partial charge in [-0.05, 0) is 18.8 Å². The average Bonchev–Trinajstić information content (AvgIpc) is 2.98. The van der Waals surface area contributed by atoms with E-state index < -0.39 is 16.1 Å². The van der Waals surface area contributed by atoms with Gasteiger partial charge in [-0.25, -0.2) is 18.1 Å². The van der Waals surface area contributed by atoms with Crippen LogP contribution in [-0.4, -0.2) is 35.7 Å². The first kappa shape index (κ1) is 11.6. The maximum atomic E-state index is 11.7. The van der Waals surface area contributed by atoms with Crippen LogP contribution in [0, 0.1) is 5.92 Å². The van der Waals surface area contributed by atoms with Crippen LogP contribution in [0.25, 0.3) is 0 Å². The van der Waals surface area contributed by atoms with Gasteiger partial charge in [0, 0.05) is 19.8 Å². The first-order valence-electron chi connectivity index (χ1n) is 5.15. The van der Waals surface area contributed by atoms with Crippen LogP contribution in [0.1, 0.15) is 12.8 Å². The van der Waals surface area contributed by atoms with E-state index in [2.05, 4.69) is 9.71 Å². The van der Waals surface area contributed by atoms with E-state index in [9.17, 15) is 13.5 Å². The lowest BCUT2D eigenvalue weighted by Gasteiger charge is -2.09. The lowest BCUT2D eigenvalue weighted by molar-refractivity contribution is 0.155. The first-order chi connectivity index (χ1) is 7.49. The molecule has 6 nitrogen and oxygen atoms in total. The largest absolute Gasteiger partial charge is 0.391 e.